The van der Waals surface area contributed by atoms with Gasteiger partial charge in [-0.05, 0) is 24.6 Å². The summed E-state index contributed by atoms with van der Waals surface area (Å²) in [7, 11) is 1.78. The molecule has 2 N–H and O–H groups in total. The molecule has 1 heterocycles. The summed E-state index contributed by atoms with van der Waals surface area (Å²) in [6, 6.07) is 5.23. The lowest BCUT2D eigenvalue weighted by Crippen LogP contribution is -2.24. The number of nitrogens with one attached hydrogen (secondary N) is 2. The zero-order valence-corrected chi connectivity index (χ0v) is 12.8. The zero-order chi connectivity index (χ0) is 15.2. The molecule has 1 aromatic heterocycles. The lowest BCUT2D eigenvalue weighted by atomic mass is 10.1. The van der Waals surface area contributed by atoms with Crippen molar-refractivity contribution in [3.63, 3.8) is 0 Å². The molecule has 0 bridgehead atoms. The van der Waals surface area contributed by atoms with Crippen LogP contribution in [0.5, 0.6) is 0 Å². The van der Waals surface area contributed by atoms with Gasteiger partial charge in [0.1, 0.15) is 6.33 Å². The molecule has 0 unspecified atom stereocenters. The summed E-state index contributed by atoms with van der Waals surface area (Å²) in [5.41, 5.74) is 1.29. The van der Waals surface area contributed by atoms with Crippen molar-refractivity contribution in [1.29, 1.82) is 0 Å². The molecule has 2 rings (SSSR count). The van der Waals surface area contributed by atoms with Crippen LogP contribution in [0.4, 0.5) is 5.69 Å². The average molecular weight is 308 g/mol. The minimum absolute atomic E-state index is 0.205. The van der Waals surface area contributed by atoms with Gasteiger partial charge in [0.25, 0.3) is 5.91 Å². The minimum Gasteiger partial charge on any atom is -0.384 e. The van der Waals surface area contributed by atoms with Crippen LogP contribution >= 0.6 is 11.6 Å². The normalized spacial score (nSPS) is 10.4. The quantitative estimate of drug-likeness (QED) is 0.858. The smallest absolute Gasteiger partial charge is 0.253 e. The molecule has 0 aliphatic carbocycles. The zero-order valence-electron chi connectivity index (χ0n) is 12.1. The molecular weight excluding hydrogens is 290 g/mol. The summed E-state index contributed by atoms with van der Waals surface area (Å²) in [5, 5.41) is 10.7. The van der Waals surface area contributed by atoms with E-state index in [1.165, 1.54) is 0 Å². The number of amides is 1. The van der Waals surface area contributed by atoms with Crippen LogP contribution in [0, 0.1) is 0 Å². The second-order valence-electron chi connectivity index (χ2n) is 4.63. The van der Waals surface area contributed by atoms with Gasteiger partial charge in [-0.3, -0.25) is 9.48 Å². The monoisotopic (exact) mass is 307 g/mol. The van der Waals surface area contributed by atoms with Crippen molar-refractivity contribution in [2.24, 2.45) is 7.05 Å². The fourth-order valence-electron chi connectivity index (χ4n) is 1.84. The first-order chi connectivity index (χ1) is 10.1. The van der Waals surface area contributed by atoms with E-state index in [4.69, 9.17) is 11.6 Å². The number of anilines is 1. The van der Waals surface area contributed by atoms with Crippen LogP contribution in [0.25, 0.3) is 0 Å². The van der Waals surface area contributed by atoms with Crippen molar-refractivity contribution < 1.29 is 4.79 Å². The van der Waals surface area contributed by atoms with Crippen molar-refractivity contribution in [3.05, 3.63) is 40.9 Å². The third-order valence-electron chi connectivity index (χ3n) is 2.85. The Morgan fingerprint density at radius 3 is 2.90 bits per heavy atom. The predicted octanol–water partition coefficient (Wildman–Crippen LogP) is 2.22. The van der Waals surface area contributed by atoms with Crippen molar-refractivity contribution in [1.82, 2.24) is 20.1 Å². The number of hydrogen-bond donors (Lipinski definition) is 2. The molecule has 6 nitrogen and oxygen atoms in total. The van der Waals surface area contributed by atoms with Crippen molar-refractivity contribution in [2.45, 2.75) is 19.9 Å². The number of aryl methyl sites for hydroxylation is 1. The molecule has 0 aliphatic rings. The lowest BCUT2D eigenvalue weighted by Gasteiger charge is -2.11. The van der Waals surface area contributed by atoms with Crippen molar-refractivity contribution in [3.8, 4) is 0 Å². The molecule has 1 amide bonds. The molecule has 7 heteroatoms. The van der Waals surface area contributed by atoms with Gasteiger partial charge in [-0.15, -0.1) is 0 Å². The minimum atomic E-state index is -0.205. The fourth-order valence-corrected chi connectivity index (χ4v) is 2.01. The van der Waals surface area contributed by atoms with Crippen LogP contribution in [0.2, 0.25) is 5.02 Å². The third-order valence-corrected chi connectivity index (χ3v) is 3.08. The van der Waals surface area contributed by atoms with Crippen LogP contribution in [0.1, 0.15) is 29.5 Å². The van der Waals surface area contributed by atoms with Gasteiger partial charge in [-0.1, -0.05) is 18.5 Å². The van der Waals surface area contributed by atoms with Crippen LogP contribution in [-0.2, 0) is 13.6 Å². The molecule has 112 valence electrons. The topological polar surface area (TPSA) is 71.8 Å². The van der Waals surface area contributed by atoms with Gasteiger partial charge in [-0.2, -0.15) is 5.10 Å². The van der Waals surface area contributed by atoms with Crippen molar-refractivity contribution in [2.75, 3.05) is 11.9 Å². The van der Waals surface area contributed by atoms with Gasteiger partial charge in [0.2, 0.25) is 0 Å². The molecule has 0 saturated carbocycles. The number of nitrogens with zero attached hydrogens (tertiary/aromatic N) is 3. The lowest BCUT2D eigenvalue weighted by molar-refractivity contribution is 0.0950. The van der Waals surface area contributed by atoms with E-state index in [0.717, 1.165) is 18.7 Å². The number of halogens is 1. The van der Waals surface area contributed by atoms with Crippen LogP contribution in [0.15, 0.2) is 24.5 Å². The van der Waals surface area contributed by atoms with Crippen molar-refractivity contribution >= 4 is 23.2 Å². The number of aromatic nitrogens is 3. The van der Waals surface area contributed by atoms with Gasteiger partial charge < -0.3 is 10.6 Å². The SMILES string of the molecule is CCCNc1ccc(Cl)cc1C(=O)NCc1ncn(C)n1. The first-order valence-electron chi connectivity index (χ1n) is 6.76. The molecule has 21 heavy (non-hydrogen) atoms. The third kappa shape index (κ3) is 4.19. The Labute approximate surface area is 128 Å². The molecule has 0 saturated heterocycles. The molecule has 1 aromatic carbocycles. The number of benzene rings is 1. The summed E-state index contributed by atoms with van der Waals surface area (Å²) in [5.74, 6) is 0.361. The number of hydrogen-bond acceptors (Lipinski definition) is 4. The first-order valence-corrected chi connectivity index (χ1v) is 7.14. The second kappa shape index (κ2) is 7.08. The Morgan fingerprint density at radius 2 is 2.24 bits per heavy atom. The van der Waals surface area contributed by atoms with E-state index < -0.39 is 0 Å². The summed E-state index contributed by atoms with van der Waals surface area (Å²) in [6.45, 7) is 3.14. The molecule has 0 spiro atoms. The Hall–Kier alpha value is -2.08. The molecule has 0 fully saturated rings. The van der Waals surface area contributed by atoms with Crippen LogP contribution in [0.3, 0.4) is 0 Å². The van der Waals surface area contributed by atoms with Gasteiger partial charge in [0, 0.05) is 24.3 Å². The average Bonchev–Trinajstić information content (AvgIpc) is 2.89. The summed E-state index contributed by atoms with van der Waals surface area (Å²) in [4.78, 5) is 16.4. The van der Waals surface area contributed by atoms with Crippen LogP contribution in [-0.4, -0.2) is 27.2 Å². The summed E-state index contributed by atoms with van der Waals surface area (Å²) < 4.78 is 1.59. The Kier molecular flexibility index (Phi) is 5.16. The van der Waals surface area contributed by atoms with E-state index in [0.29, 0.717) is 16.4 Å². The maximum Gasteiger partial charge on any atom is 0.253 e. The standard InChI is InChI=1S/C14H18ClN5O/c1-3-6-16-12-5-4-10(15)7-11(12)14(21)17-8-13-18-9-20(2)19-13/h4-5,7,9,16H,3,6,8H2,1-2H3,(H,17,21). The highest BCUT2D eigenvalue weighted by Gasteiger charge is 2.12. The molecular formula is C14H18ClN5O. The highest BCUT2D eigenvalue weighted by molar-refractivity contribution is 6.31. The maximum absolute atomic E-state index is 12.3. The van der Waals surface area contributed by atoms with E-state index in [2.05, 4.69) is 27.6 Å². The Bertz CT molecular complexity index is 626. The summed E-state index contributed by atoms with van der Waals surface area (Å²) >= 11 is 5.98. The number of carbonyl (C=O) groups is 1. The predicted molar refractivity (Wildman–Crippen MR) is 82.4 cm³/mol. The highest BCUT2D eigenvalue weighted by atomic mass is 35.5. The summed E-state index contributed by atoms with van der Waals surface area (Å²) in [6.07, 6.45) is 2.57. The first kappa shape index (κ1) is 15.3. The largest absolute Gasteiger partial charge is 0.384 e. The molecule has 2 aromatic rings. The molecule has 0 aliphatic heterocycles. The molecule has 0 radical (unpaired) electrons. The van der Waals surface area contributed by atoms with Gasteiger partial charge in [0.15, 0.2) is 5.82 Å². The fraction of sp³-hybridized carbons (Fsp3) is 0.357. The Balaban J connectivity index is 2.08. The second-order valence-corrected chi connectivity index (χ2v) is 5.07. The van der Waals surface area contributed by atoms with Gasteiger partial charge >= 0.3 is 0 Å². The van der Waals surface area contributed by atoms with E-state index >= 15 is 0 Å². The van der Waals surface area contributed by atoms with Gasteiger partial charge in [-0.25, -0.2) is 4.98 Å². The van der Waals surface area contributed by atoms with E-state index in [1.54, 1.807) is 30.2 Å². The molecule has 0 atom stereocenters. The number of carbonyl (C=O) groups excluding carboxylic acids is 1. The Morgan fingerprint density at radius 1 is 1.43 bits per heavy atom. The van der Waals surface area contributed by atoms with Gasteiger partial charge in [0.05, 0.1) is 12.1 Å². The van der Waals surface area contributed by atoms with Crippen LogP contribution < -0.4 is 10.6 Å². The van der Waals surface area contributed by atoms with E-state index in [1.807, 2.05) is 6.07 Å². The number of rotatable bonds is 6. The maximum atomic E-state index is 12.3. The van der Waals surface area contributed by atoms with E-state index in [9.17, 15) is 4.79 Å². The highest BCUT2D eigenvalue weighted by Crippen LogP contribution is 2.20. The van der Waals surface area contributed by atoms with E-state index in [-0.39, 0.29) is 12.5 Å².